The van der Waals surface area contributed by atoms with E-state index in [4.69, 9.17) is 0 Å². The van der Waals surface area contributed by atoms with Crippen LogP contribution in [0.4, 0.5) is 5.69 Å². The highest BCUT2D eigenvalue weighted by molar-refractivity contribution is 7.89. The van der Waals surface area contributed by atoms with Gasteiger partial charge in [-0.05, 0) is 31.9 Å². The number of aryl methyl sites for hydroxylation is 1. The molecule has 0 aliphatic carbocycles. The molecule has 1 atom stereocenters. The summed E-state index contributed by atoms with van der Waals surface area (Å²) in [6, 6.07) is 10.1. The molecule has 1 aromatic carbocycles. The van der Waals surface area contributed by atoms with Crippen molar-refractivity contribution in [3.63, 3.8) is 0 Å². The van der Waals surface area contributed by atoms with Gasteiger partial charge in [0, 0.05) is 31.9 Å². The summed E-state index contributed by atoms with van der Waals surface area (Å²) in [5.41, 5.74) is 1.72. The van der Waals surface area contributed by atoms with Crippen molar-refractivity contribution in [2.45, 2.75) is 30.7 Å². The second kappa shape index (κ2) is 6.33. The third kappa shape index (κ3) is 3.11. The summed E-state index contributed by atoms with van der Waals surface area (Å²) < 4.78 is 27.1. The van der Waals surface area contributed by atoms with Gasteiger partial charge < -0.3 is 4.90 Å². The number of nitrogens with zero attached hydrogens (tertiary/aromatic N) is 3. The summed E-state index contributed by atoms with van der Waals surface area (Å²) in [5.74, 6) is 0. The third-order valence-electron chi connectivity index (χ3n) is 4.47. The summed E-state index contributed by atoms with van der Waals surface area (Å²) in [4.78, 5) is 2.51. The van der Waals surface area contributed by atoms with Crippen molar-refractivity contribution in [3.8, 4) is 0 Å². The van der Waals surface area contributed by atoms with Crippen molar-refractivity contribution in [2.75, 3.05) is 25.0 Å². The molecule has 1 aromatic heterocycles. The first kappa shape index (κ1) is 16.0. The van der Waals surface area contributed by atoms with Crippen LogP contribution in [0.3, 0.4) is 0 Å². The topological polar surface area (TPSA) is 69.3 Å². The second-order valence-corrected chi connectivity index (χ2v) is 7.92. The number of piperidine rings is 1. The highest BCUT2D eigenvalue weighted by Crippen LogP contribution is 2.26. The van der Waals surface area contributed by atoms with E-state index in [-0.39, 0.29) is 10.9 Å². The van der Waals surface area contributed by atoms with Gasteiger partial charge in [-0.3, -0.25) is 5.10 Å². The average molecular weight is 334 g/mol. The Hall–Kier alpha value is -1.86. The molecule has 1 saturated heterocycles. The van der Waals surface area contributed by atoms with Crippen molar-refractivity contribution >= 4 is 15.7 Å². The number of benzene rings is 1. The molecule has 124 valence electrons. The monoisotopic (exact) mass is 334 g/mol. The lowest BCUT2D eigenvalue weighted by Crippen LogP contribution is -2.48. The number of likely N-dealkylation sites (N-methyl/N-ethyl adjacent to an activating group) is 1. The molecule has 0 spiro atoms. The van der Waals surface area contributed by atoms with Gasteiger partial charge >= 0.3 is 0 Å². The van der Waals surface area contributed by atoms with E-state index >= 15 is 0 Å². The Morgan fingerprint density at radius 3 is 2.70 bits per heavy atom. The van der Waals surface area contributed by atoms with Crippen LogP contribution in [0.25, 0.3) is 0 Å². The summed E-state index contributed by atoms with van der Waals surface area (Å²) in [7, 11) is -1.85. The molecular formula is C16H22N4O2S. The molecule has 3 rings (SSSR count). The molecule has 1 aliphatic rings. The van der Waals surface area contributed by atoms with E-state index < -0.39 is 10.0 Å². The van der Waals surface area contributed by atoms with Gasteiger partial charge in [0.15, 0.2) is 0 Å². The average Bonchev–Trinajstić information content (AvgIpc) is 3.02. The van der Waals surface area contributed by atoms with Crippen LogP contribution in [0.2, 0.25) is 0 Å². The zero-order valence-electron chi connectivity index (χ0n) is 13.4. The molecule has 0 amide bonds. The molecule has 7 heteroatoms. The van der Waals surface area contributed by atoms with Crippen molar-refractivity contribution < 1.29 is 8.42 Å². The first-order valence-electron chi connectivity index (χ1n) is 7.78. The maximum atomic E-state index is 12.8. The minimum absolute atomic E-state index is 0.0387. The predicted molar refractivity (Wildman–Crippen MR) is 90.0 cm³/mol. The Kier molecular flexibility index (Phi) is 4.41. The Morgan fingerprint density at radius 1 is 1.30 bits per heavy atom. The second-order valence-electron chi connectivity index (χ2n) is 5.96. The molecule has 1 fully saturated rings. The fourth-order valence-corrected chi connectivity index (χ4v) is 4.57. The molecular weight excluding hydrogens is 312 g/mol. The quantitative estimate of drug-likeness (QED) is 0.928. The Labute approximate surface area is 137 Å². The van der Waals surface area contributed by atoms with E-state index in [1.165, 1.54) is 10.5 Å². The zero-order chi connectivity index (χ0) is 16.4. The Bertz CT molecular complexity index is 757. The van der Waals surface area contributed by atoms with Crippen molar-refractivity contribution in [2.24, 2.45) is 0 Å². The lowest BCUT2D eigenvalue weighted by Gasteiger charge is -2.38. The van der Waals surface area contributed by atoms with Crippen LogP contribution in [0.5, 0.6) is 0 Å². The van der Waals surface area contributed by atoms with Crippen LogP contribution < -0.4 is 4.90 Å². The minimum Gasteiger partial charge on any atom is -0.370 e. The number of hydrogen-bond acceptors (Lipinski definition) is 4. The summed E-state index contributed by atoms with van der Waals surface area (Å²) >= 11 is 0. The highest BCUT2D eigenvalue weighted by Gasteiger charge is 2.33. The van der Waals surface area contributed by atoms with Gasteiger partial charge in [0.2, 0.25) is 10.0 Å². The number of aromatic amines is 1. The van der Waals surface area contributed by atoms with Crippen LogP contribution in [-0.2, 0) is 10.0 Å². The van der Waals surface area contributed by atoms with Crippen LogP contribution in [0.1, 0.15) is 18.5 Å². The summed E-state index contributed by atoms with van der Waals surface area (Å²) in [6.07, 6.45) is 3.23. The molecule has 1 aliphatic heterocycles. The molecule has 2 aromatic rings. The molecule has 1 N–H and O–H groups in total. The summed E-state index contributed by atoms with van der Waals surface area (Å²) in [6.45, 7) is 3.39. The number of aromatic nitrogens is 2. The number of hydrogen-bond donors (Lipinski definition) is 1. The van der Waals surface area contributed by atoms with E-state index in [1.54, 1.807) is 14.0 Å². The van der Waals surface area contributed by atoms with Gasteiger partial charge in [-0.2, -0.15) is 9.40 Å². The number of H-pyrrole nitrogens is 1. The number of nitrogens with one attached hydrogen (secondary N) is 1. The maximum Gasteiger partial charge on any atom is 0.246 e. The smallest absolute Gasteiger partial charge is 0.246 e. The zero-order valence-corrected chi connectivity index (χ0v) is 14.3. The van der Waals surface area contributed by atoms with Crippen molar-refractivity contribution in [3.05, 3.63) is 42.2 Å². The first-order chi connectivity index (χ1) is 11.0. The Balaban J connectivity index is 1.80. The van der Waals surface area contributed by atoms with Gasteiger partial charge in [0.05, 0.1) is 11.9 Å². The number of anilines is 1. The summed E-state index contributed by atoms with van der Waals surface area (Å²) in [5, 5.41) is 6.54. The normalized spacial score (nSPS) is 19.3. The van der Waals surface area contributed by atoms with E-state index in [9.17, 15) is 8.42 Å². The largest absolute Gasteiger partial charge is 0.370 e. The van der Waals surface area contributed by atoms with Crippen LogP contribution in [-0.4, -0.2) is 49.1 Å². The van der Waals surface area contributed by atoms with E-state index in [2.05, 4.69) is 27.2 Å². The predicted octanol–water partition coefficient (Wildman–Crippen LogP) is 2.01. The minimum atomic E-state index is -3.52. The van der Waals surface area contributed by atoms with E-state index in [0.29, 0.717) is 12.2 Å². The number of para-hydroxylation sites is 1. The molecule has 2 heterocycles. The van der Waals surface area contributed by atoms with Crippen molar-refractivity contribution in [1.29, 1.82) is 0 Å². The number of sulfonamides is 1. The molecule has 23 heavy (non-hydrogen) atoms. The first-order valence-corrected chi connectivity index (χ1v) is 9.22. The van der Waals surface area contributed by atoms with Crippen LogP contribution >= 0.6 is 0 Å². The molecule has 6 nitrogen and oxygen atoms in total. The van der Waals surface area contributed by atoms with E-state index in [1.807, 2.05) is 18.2 Å². The van der Waals surface area contributed by atoms with Crippen LogP contribution in [0, 0.1) is 6.92 Å². The molecule has 0 radical (unpaired) electrons. The van der Waals surface area contributed by atoms with Crippen molar-refractivity contribution in [1.82, 2.24) is 14.5 Å². The third-order valence-corrected chi connectivity index (χ3v) is 6.50. The van der Waals surface area contributed by atoms with E-state index in [0.717, 1.165) is 25.1 Å². The van der Waals surface area contributed by atoms with Gasteiger partial charge in [-0.25, -0.2) is 8.42 Å². The van der Waals surface area contributed by atoms with Gasteiger partial charge in [-0.1, -0.05) is 18.2 Å². The SMILES string of the molecule is Cc1[nH]ncc1S(=O)(=O)N(C)[C@H]1CCCN(c2ccccc2)C1. The lowest BCUT2D eigenvalue weighted by molar-refractivity contribution is 0.320. The fraction of sp³-hybridized carbons (Fsp3) is 0.438. The van der Waals surface area contributed by atoms with Gasteiger partial charge in [0.25, 0.3) is 0 Å². The van der Waals surface area contributed by atoms with Crippen LogP contribution in [0.15, 0.2) is 41.4 Å². The fourth-order valence-electron chi connectivity index (χ4n) is 3.08. The number of rotatable bonds is 4. The molecule has 0 unspecified atom stereocenters. The standard InChI is InChI=1S/C16H22N4O2S/c1-13-16(11-17-18-13)23(21,22)19(2)15-9-6-10-20(12-15)14-7-4-3-5-8-14/h3-5,7-8,11,15H,6,9-10,12H2,1-2H3,(H,17,18)/t15-/m0/s1. The maximum absolute atomic E-state index is 12.8. The van der Waals surface area contributed by atoms with Gasteiger partial charge in [0.1, 0.15) is 4.90 Å². The lowest BCUT2D eigenvalue weighted by atomic mass is 10.1. The van der Waals surface area contributed by atoms with Gasteiger partial charge in [-0.15, -0.1) is 0 Å². The molecule has 0 bridgehead atoms. The molecule has 0 saturated carbocycles. The highest BCUT2D eigenvalue weighted by atomic mass is 32.2. The Morgan fingerprint density at radius 2 is 2.04 bits per heavy atom.